The van der Waals surface area contributed by atoms with Crippen LogP contribution >= 0.6 is 0 Å². The average Bonchev–Trinajstić information content (AvgIpc) is 2.29. The summed E-state index contributed by atoms with van der Waals surface area (Å²) in [5, 5.41) is 9.11. The van der Waals surface area contributed by atoms with Crippen LogP contribution < -0.4 is 0 Å². The normalized spacial score (nSPS) is 39.8. The van der Waals surface area contributed by atoms with Gasteiger partial charge in [0.1, 0.15) is 0 Å². The Labute approximate surface area is 68.0 Å². The number of rotatable bonds is 2. The molecule has 0 radical (unpaired) electrons. The van der Waals surface area contributed by atoms with E-state index in [9.17, 15) is 0 Å². The van der Waals surface area contributed by atoms with Gasteiger partial charge in [0, 0.05) is 19.2 Å². The van der Waals surface area contributed by atoms with E-state index in [4.69, 9.17) is 9.84 Å². The first-order chi connectivity index (χ1) is 5.12. The zero-order valence-corrected chi connectivity index (χ0v) is 7.50. The lowest BCUT2D eigenvalue weighted by atomic mass is 10.00. The van der Waals surface area contributed by atoms with Crippen LogP contribution in [0.25, 0.3) is 0 Å². The summed E-state index contributed by atoms with van der Waals surface area (Å²) in [5.41, 5.74) is -0.0688. The highest BCUT2D eigenvalue weighted by Crippen LogP contribution is 2.28. The first-order valence-electron chi connectivity index (χ1n) is 3.97. The standard InChI is InChI=1S/C8H17NO2/c1-8(6-10)4-7(11-3)5-9(8)2/h7,10H,4-6H2,1-3H3/t7-,8+/m1/s1. The van der Waals surface area contributed by atoms with Crippen molar-refractivity contribution >= 4 is 0 Å². The Hall–Kier alpha value is -0.120. The molecule has 1 N–H and O–H groups in total. The van der Waals surface area contributed by atoms with Crippen molar-refractivity contribution in [1.82, 2.24) is 4.90 Å². The van der Waals surface area contributed by atoms with Gasteiger partial charge >= 0.3 is 0 Å². The van der Waals surface area contributed by atoms with E-state index in [-0.39, 0.29) is 18.2 Å². The van der Waals surface area contributed by atoms with E-state index in [2.05, 4.69) is 11.8 Å². The topological polar surface area (TPSA) is 32.7 Å². The van der Waals surface area contributed by atoms with Gasteiger partial charge in [-0.1, -0.05) is 0 Å². The number of likely N-dealkylation sites (tertiary alicyclic amines) is 1. The highest BCUT2D eigenvalue weighted by atomic mass is 16.5. The summed E-state index contributed by atoms with van der Waals surface area (Å²) in [6, 6.07) is 0. The quantitative estimate of drug-likeness (QED) is 0.619. The summed E-state index contributed by atoms with van der Waals surface area (Å²) in [4.78, 5) is 2.15. The van der Waals surface area contributed by atoms with E-state index in [1.165, 1.54) is 0 Å². The van der Waals surface area contributed by atoms with Crippen molar-refractivity contribution in [1.29, 1.82) is 0 Å². The molecule has 0 bridgehead atoms. The Kier molecular flexibility index (Phi) is 2.52. The minimum atomic E-state index is -0.0688. The zero-order valence-electron chi connectivity index (χ0n) is 7.50. The molecular weight excluding hydrogens is 142 g/mol. The van der Waals surface area contributed by atoms with Gasteiger partial charge in [-0.15, -0.1) is 0 Å². The minimum absolute atomic E-state index is 0.0688. The highest BCUT2D eigenvalue weighted by molar-refractivity contribution is 4.94. The summed E-state index contributed by atoms with van der Waals surface area (Å²) < 4.78 is 5.23. The van der Waals surface area contributed by atoms with E-state index in [0.29, 0.717) is 0 Å². The van der Waals surface area contributed by atoms with Gasteiger partial charge in [0.05, 0.1) is 12.7 Å². The molecule has 1 rings (SSSR count). The first-order valence-corrected chi connectivity index (χ1v) is 3.97. The number of methoxy groups -OCH3 is 1. The highest BCUT2D eigenvalue weighted by Gasteiger charge is 2.39. The van der Waals surface area contributed by atoms with E-state index in [0.717, 1.165) is 13.0 Å². The third-order valence-electron chi connectivity index (χ3n) is 2.74. The van der Waals surface area contributed by atoms with Gasteiger partial charge in [0.2, 0.25) is 0 Å². The van der Waals surface area contributed by atoms with Crippen LogP contribution in [-0.4, -0.2) is 49.0 Å². The summed E-state index contributed by atoms with van der Waals surface area (Å²) in [6.07, 6.45) is 1.22. The van der Waals surface area contributed by atoms with Crippen LogP contribution in [0.15, 0.2) is 0 Å². The van der Waals surface area contributed by atoms with Crippen LogP contribution in [0.5, 0.6) is 0 Å². The molecule has 2 atom stereocenters. The van der Waals surface area contributed by atoms with Crippen molar-refractivity contribution in [2.24, 2.45) is 0 Å². The number of aliphatic hydroxyl groups is 1. The number of aliphatic hydroxyl groups excluding tert-OH is 1. The van der Waals surface area contributed by atoms with E-state index in [1.54, 1.807) is 7.11 Å². The number of hydrogen-bond acceptors (Lipinski definition) is 3. The second-order valence-corrected chi connectivity index (χ2v) is 3.60. The van der Waals surface area contributed by atoms with Crippen LogP contribution in [-0.2, 0) is 4.74 Å². The lowest BCUT2D eigenvalue weighted by molar-refractivity contribution is 0.0962. The smallest absolute Gasteiger partial charge is 0.0716 e. The van der Waals surface area contributed by atoms with Crippen LogP contribution in [0.1, 0.15) is 13.3 Å². The Morgan fingerprint density at radius 2 is 2.36 bits per heavy atom. The van der Waals surface area contributed by atoms with Gasteiger partial charge in [0.25, 0.3) is 0 Å². The van der Waals surface area contributed by atoms with E-state index < -0.39 is 0 Å². The zero-order chi connectivity index (χ0) is 8.48. The molecule has 3 nitrogen and oxygen atoms in total. The molecule has 0 aromatic rings. The Bertz CT molecular complexity index is 140. The second kappa shape index (κ2) is 3.09. The molecular formula is C8H17NO2. The third kappa shape index (κ3) is 1.55. The molecule has 0 aromatic carbocycles. The largest absolute Gasteiger partial charge is 0.394 e. The lowest BCUT2D eigenvalue weighted by Gasteiger charge is -2.29. The summed E-state index contributed by atoms with van der Waals surface area (Å²) >= 11 is 0. The fourth-order valence-corrected chi connectivity index (χ4v) is 1.58. The molecule has 1 fully saturated rings. The SMILES string of the molecule is CO[C@H]1CN(C)[C@](C)(CO)C1. The molecule has 0 saturated carbocycles. The molecule has 0 unspecified atom stereocenters. The summed E-state index contributed by atoms with van der Waals surface area (Å²) in [6.45, 7) is 3.20. The number of likely N-dealkylation sites (N-methyl/N-ethyl adjacent to an activating group) is 1. The third-order valence-corrected chi connectivity index (χ3v) is 2.74. The van der Waals surface area contributed by atoms with Crippen LogP contribution in [0, 0.1) is 0 Å². The number of ether oxygens (including phenoxy) is 1. The van der Waals surface area contributed by atoms with Crippen LogP contribution in [0.2, 0.25) is 0 Å². The molecule has 1 aliphatic heterocycles. The van der Waals surface area contributed by atoms with Gasteiger partial charge in [-0.05, 0) is 20.4 Å². The van der Waals surface area contributed by atoms with Crippen molar-refractivity contribution in [2.45, 2.75) is 25.0 Å². The van der Waals surface area contributed by atoms with Crippen LogP contribution in [0.4, 0.5) is 0 Å². The Morgan fingerprint density at radius 3 is 2.64 bits per heavy atom. The summed E-state index contributed by atoms with van der Waals surface area (Å²) in [7, 11) is 3.75. The fraction of sp³-hybridized carbons (Fsp3) is 1.00. The van der Waals surface area contributed by atoms with Crippen molar-refractivity contribution < 1.29 is 9.84 Å². The predicted molar refractivity (Wildman–Crippen MR) is 43.5 cm³/mol. The van der Waals surface area contributed by atoms with Crippen molar-refractivity contribution in [2.75, 3.05) is 27.3 Å². The van der Waals surface area contributed by atoms with Gasteiger partial charge in [0.15, 0.2) is 0 Å². The molecule has 0 amide bonds. The molecule has 1 aliphatic rings. The van der Waals surface area contributed by atoms with E-state index in [1.807, 2.05) is 7.05 Å². The minimum Gasteiger partial charge on any atom is -0.394 e. The monoisotopic (exact) mass is 159 g/mol. The van der Waals surface area contributed by atoms with Crippen LogP contribution in [0.3, 0.4) is 0 Å². The lowest BCUT2D eigenvalue weighted by Crippen LogP contribution is -2.41. The predicted octanol–water partition coefficient (Wildman–Crippen LogP) is 0.0879. The number of nitrogens with zero attached hydrogens (tertiary/aromatic N) is 1. The number of hydrogen-bond donors (Lipinski definition) is 1. The van der Waals surface area contributed by atoms with Crippen molar-refractivity contribution in [3.8, 4) is 0 Å². The van der Waals surface area contributed by atoms with Gasteiger partial charge in [-0.2, -0.15) is 0 Å². The van der Waals surface area contributed by atoms with Gasteiger partial charge in [-0.3, -0.25) is 4.90 Å². The molecule has 0 spiro atoms. The summed E-state index contributed by atoms with van der Waals surface area (Å²) in [5.74, 6) is 0. The molecule has 3 heteroatoms. The molecule has 11 heavy (non-hydrogen) atoms. The van der Waals surface area contributed by atoms with Gasteiger partial charge in [-0.25, -0.2) is 0 Å². The molecule has 1 saturated heterocycles. The second-order valence-electron chi connectivity index (χ2n) is 3.60. The molecule has 0 aromatic heterocycles. The molecule has 66 valence electrons. The molecule has 1 heterocycles. The Morgan fingerprint density at radius 1 is 1.73 bits per heavy atom. The maximum atomic E-state index is 9.11. The van der Waals surface area contributed by atoms with E-state index >= 15 is 0 Å². The Balaban J connectivity index is 2.57. The maximum Gasteiger partial charge on any atom is 0.0716 e. The van der Waals surface area contributed by atoms with Crippen molar-refractivity contribution in [3.63, 3.8) is 0 Å². The average molecular weight is 159 g/mol. The molecule has 0 aliphatic carbocycles. The first kappa shape index (κ1) is 8.97. The van der Waals surface area contributed by atoms with Crippen molar-refractivity contribution in [3.05, 3.63) is 0 Å². The maximum absolute atomic E-state index is 9.11. The fourth-order valence-electron chi connectivity index (χ4n) is 1.58. The van der Waals surface area contributed by atoms with Gasteiger partial charge < -0.3 is 9.84 Å².